The molecule has 3 rings (SSSR count). The third kappa shape index (κ3) is 2.89. The van der Waals surface area contributed by atoms with Crippen LogP contribution < -0.4 is 0 Å². The number of carboxylic acids is 1. The van der Waals surface area contributed by atoms with E-state index in [9.17, 15) is 4.79 Å². The smallest absolute Gasteiger partial charge is 0.309 e. The van der Waals surface area contributed by atoms with Gasteiger partial charge in [-0.25, -0.2) is 4.68 Å². The Morgan fingerprint density at radius 3 is 2.95 bits per heavy atom. The first-order chi connectivity index (χ1) is 10.1. The fourth-order valence-electron chi connectivity index (χ4n) is 2.35. The maximum atomic E-state index is 10.7. The van der Waals surface area contributed by atoms with Gasteiger partial charge in [-0.15, -0.1) is 5.10 Å². The quantitative estimate of drug-likeness (QED) is 0.789. The number of aryl methyl sites for hydroxylation is 1. The highest BCUT2D eigenvalue weighted by atomic mass is 16.4. The molecule has 0 saturated heterocycles. The van der Waals surface area contributed by atoms with E-state index in [0.29, 0.717) is 12.2 Å². The molecule has 0 bridgehead atoms. The molecule has 6 heteroatoms. The lowest BCUT2D eigenvalue weighted by Gasteiger charge is -2.07. The van der Waals surface area contributed by atoms with Crippen LogP contribution in [0.5, 0.6) is 0 Å². The summed E-state index contributed by atoms with van der Waals surface area (Å²) < 4.78 is 1.65. The lowest BCUT2D eigenvalue weighted by Crippen LogP contribution is -2.03. The van der Waals surface area contributed by atoms with Gasteiger partial charge < -0.3 is 5.11 Å². The molecule has 0 amide bonds. The molecule has 0 aliphatic heterocycles. The maximum Gasteiger partial charge on any atom is 0.309 e. The SMILES string of the molecule is Cc1cc(Cn2cc(CC(=O)O)nn2)c2ccccc2n1. The zero-order valence-electron chi connectivity index (χ0n) is 11.5. The second-order valence-electron chi connectivity index (χ2n) is 4.92. The van der Waals surface area contributed by atoms with Crippen LogP contribution in [0.15, 0.2) is 36.5 Å². The van der Waals surface area contributed by atoms with E-state index >= 15 is 0 Å². The van der Waals surface area contributed by atoms with Gasteiger partial charge in [0.05, 0.1) is 24.2 Å². The minimum absolute atomic E-state index is 0.115. The maximum absolute atomic E-state index is 10.7. The molecule has 0 atom stereocenters. The van der Waals surface area contributed by atoms with Crippen molar-refractivity contribution >= 4 is 16.9 Å². The molecule has 106 valence electrons. The molecule has 0 aliphatic carbocycles. The van der Waals surface area contributed by atoms with Crippen molar-refractivity contribution in [2.45, 2.75) is 19.9 Å². The molecule has 0 spiro atoms. The van der Waals surface area contributed by atoms with Gasteiger partial charge in [0.25, 0.3) is 0 Å². The van der Waals surface area contributed by atoms with E-state index in [-0.39, 0.29) is 6.42 Å². The van der Waals surface area contributed by atoms with Crippen LogP contribution in [-0.2, 0) is 17.8 Å². The average molecular weight is 282 g/mol. The Morgan fingerprint density at radius 2 is 2.14 bits per heavy atom. The van der Waals surface area contributed by atoms with Gasteiger partial charge >= 0.3 is 5.97 Å². The molecule has 2 heterocycles. The molecule has 0 aliphatic rings. The predicted octanol–water partition coefficient (Wildman–Crippen LogP) is 1.81. The summed E-state index contributed by atoms with van der Waals surface area (Å²) in [6.45, 7) is 2.49. The lowest BCUT2D eigenvalue weighted by molar-refractivity contribution is -0.136. The first kappa shape index (κ1) is 13.2. The van der Waals surface area contributed by atoms with Crippen LogP contribution in [0.2, 0.25) is 0 Å². The van der Waals surface area contributed by atoms with Crippen molar-refractivity contribution in [3.05, 3.63) is 53.5 Å². The van der Waals surface area contributed by atoms with Crippen LogP contribution in [0.3, 0.4) is 0 Å². The third-order valence-electron chi connectivity index (χ3n) is 3.18. The molecule has 21 heavy (non-hydrogen) atoms. The van der Waals surface area contributed by atoms with Crippen LogP contribution in [0, 0.1) is 6.92 Å². The first-order valence-electron chi connectivity index (χ1n) is 6.58. The standard InChI is InChI=1S/C15H14N4O2/c1-10-6-11(13-4-2-3-5-14(13)16-10)8-19-9-12(17-18-19)7-15(20)21/h2-6,9H,7-8H2,1H3,(H,20,21). The molecule has 6 nitrogen and oxygen atoms in total. The molecular weight excluding hydrogens is 268 g/mol. The van der Waals surface area contributed by atoms with Gasteiger partial charge in [0.15, 0.2) is 0 Å². The largest absolute Gasteiger partial charge is 0.481 e. The number of para-hydroxylation sites is 1. The summed E-state index contributed by atoms with van der Waals surface area (Å²) in [5.74, 6) is -0.910. The van der Waals surface area contributed by atoms with Crippen molar-refractivity contribution in [2.75, 3.05) is 0 Å². The normalized spacial score (nSPS) is 10.9. The average Bonchev–Trinajstić information content (AvgIpc) is 2.85. The minimum atomic E-state index is -0.910. The highest BCUT2D eigenvalue weighted by Crippen LogP contribution is 2.19. The minimum Gasteiger partial charge on any atom is -0.481 e. The van der Waals surface area contributed by atoms with E-state index in [1.165, 1.54) is 0 Å². The summed E-state index contributed by atoms with van der Waals surface area (Å²) in [4.78, 5) is 15.2. The molecule has 2 aromatic heterocycles. The summed E-state index contributed by atoms with van der Waals surface area (Å²) in [6.07, 6.45) is 1.55. The Bertz CT molecular complexity index is 810. The molecule has 0 fully saturated rings. The van der Waals surface area contributed by atoms with E-state index in [2.05, 4.69) is 15.3 Å². The second-order valence-corrected chi connectivity index (χ2v) is 4.92. The van der Waals surface area contributed by atoms with Crippen molar-refractivity contribution in [2.24, 2.45) is 0 Å². The van der Waals surface area contributed by atoms with Gasteiger partial charge in [-0.2, -0.15) is 0 Å². The molecule has 0 saturated carbocycles. The number of hydrogen-bond acceptors (Lipinski definition) is 4. The number of carboxylic acid groups (broad SMARTS) is 1. The van der Waals surface area contributed by atoms with Crippen LogP contribution in [-0.4, -0.2) is 31.1 Å². The molecule has 0 radical (unpaired) electrons. The molecule has 1 N–H and O–H groups in total. The summed E-state index contributed by atoms with van der Waals surface area (Å²) in [5.41, 5.74) is 3.43. The van der Waals surface area contributed by atoms with Gasteiger partial charge in [-0.05, 0) is 24.6 Å². The van der Waals surface area contributed by atoms with Crippen molar-refractivity contribution in [3.8, 4) is 0 Å². The molecular formula is C15H14N4O2. The van der Waals surface area contributed by atoms with Gasteiger partial charge in [0.2, 0.25) is 0 Å². The molecule has 1 aromatic carbocycles. The Hall–Kier alpha value is -2.76. The highest BCUT2D eigenvalue weighted by Gasteiger charge is 2.08. The van der Waals surface area contributed by atoms with Gasteiger partial charge in [-0.1, -0.05) is 23.4 Å². The van der Waals surface area contributed by atoms with Crippen molar-refractivity contribution in [3.63, 3.8) is 0 Å². The predicted molar refractivity (Wildman–Crippen MR) is 76.9 cm³/mol. The lowest BCUT2D eigenvalue weighted by atomic mass is 10.1. The van der Waals surface area contributed by atoms with Crippen molar-refractivity contribution in [1.82, 2.24) is 20.0 Å². The van der Waals surface area contributed by atoms with E-state index in [4.69, 9.17) is 5.11 Å². The first-order valence-corrected chi connectivity index (χ1v) is 6.58. The topological polar surface area (TPSA) is 80.9 Å². The van der Waals surface area contributed by atoms with E-state index in [0.717, 1.165) is 22.2 Å². The number of benzene rings is 1. The second kappa shape index (κ2) is 5.32. The van der Waals surface area contributed by atoms with Crippen LogP contribution >= 0.6 is 0 Å². The fraction of sp³-hybridized carbons (Fsp3) is 0.200. The van der Waals surface area contributed by atoms with E-state index in [1.54, 1.807) is 10.9 Å². The fourth-order valence-corrected chi connectivity index (χ4v) is 2.35. The van der Waals surface area contributed by atoms with Crippen molar-refractivity contribution in [1.29, 1.82) is 0 Å². The zero-order chi connectivity index (χ0) is 14.8. The van der Waals surface area contributed by atoms with Gasteiger partial charge in [-0.3, -0.25) is 9.78 Å². The Kier molecular flexibility index (Phi) is 3.35. The van der Waals surface area contributed by atoms with Gasteiger partial charge in [0, 0.05) is 17.3 Å². The zero-order valence-corrected chi connectivity index (χ0v) is 11.5. The summed E-state index contributed by atoms with van der Waals surface area (Å²) in [5, 5.41) is 17.7. The number of fused-ring (bicyclic) bond motifs is 1. The molecule has 0 unspecified atom stereocenters. The number of aromatic nitrogens is 4. The van der Waals surface area contributed by atoms with Crippen LogP contribution in [0.25, 0.3) is 10.9 Å². The monoisotopic (exact) mass is 282 g/mol. The van der Waals surface area contributed by atoms with Gasteiger partial charge in [0.1, 0.15) is 0 Å². The summed E-state index contributed by atoms with van der Waals surface area (Å²) >= 11 is 0. The molecule has 3 aromatic rings. The Labute approximate surface area is 121 Å². The van der Waals surface area contributed by atoms with Crippen LogP contribution in [0.1, 0.15) is 17.0 Å². The van der Waals surface area contributed by atoms with E-state index < -0.39 is 5.97 Å². The number of hydrogen-bond donors (Lipinski definition) is 1. The number of pyridine rings is 1. The number of rotatable bonds is 4. The van der Waals surface area contributed by atoms with Crippen molar-refractivity contribution < 1.29 is 9.90 Å². The highest BCUT2D eigenvalue weighted by molar-refractivity contribution is 5.82. The van der Waals surface area contributed by atoms with E-state index in [1.807, 2.05) is 37.3 Å². The Balaban J connectivity index is 1.94. The number of aliphatic carboxylic acids is 1. The summed E-state index contributed by atoms with van der Waals surface area (Å²) in [7, 11) is 0. The Morgan fingerprint density at radius 1 is 1.33 bits per heavy atom. The number of nitrogens with zero attached hydrogens (tertiary/aromatic N) is 4. The van der Waals surface area contributed by atoms with Crippen LogP contribution in [0.4, 0.5) is 0 Å². The summed E-state index contributed by atoms with van der Waals surface area (Å²) in [6, 6.07) is 9.94. The third-order valence-corrected chi connectivity index (χ3v) is 3.18. The number of carbonyl (C=O) groups is 1.